The molecule has 0 spiro atoms. The molecule has 5 nitrogen and oxygen atoms in total. The molecule has 0 saturated heterocycles. The predicted octanol–water partition coefficient (Wildman–Crippen LogP) is 2.63. The van der Waals surface area contributed by atoms with Crippen LogP contribution in [0.5, 0.6) is 0 Å². The minimum absolute atomic E-state index is 0.129. The molecule has 0 aliphatic heterocycles. The number of aromatic nitrogens is 1. The van der Waals surface area contributed by atoms with Crippen molar-refractivity contribution in [1.82, 2.24) is 15.2 Å². The average molecular weight is 313 g/mol. The Kier molecular flexibility index (Phi) is 7.47. The number of rotatable bonds is 8. The third kappa shape index (κ3) is 5.89. The Balaban J connectivity index is 2.55. The molecule has 1 atom stereocenters. The molecule has 2 N–H and O–H groups in total. The largest absolute Gasteiger partial charge is 0.370 e. The zero-order valence-electron chi connectivity index (χ0n) is 13.2. The van der Waals surface area contributed by atoms with Gasteiger partial charge in [-0.2, -0.15) is 0 Å². The summed E-state index contributed by atoms with van der Waals surface area (Å²) in [5.41, 5.74) is 0.525. The van der Waals surface area contributed by atoms with Crippen LogP contribution >= 0.6 is 11.6 Å². The molecule has 0 fully saturated rings. The van der Waals surface area contributed by atoms with Gasteiger partial charge in [0, 0.05) is 31.2 Å². The van der Waals surface area contributed by atoms with Crippen molar-refractivity contribution in [2.45, 2.75) is 33.2 Å². The van der Waals surface area contributed by atoms with Crippen molar-refractivity contribution in [2.75, 3.05) is 32.0 Å². The minimum atomic E-state index is -0.129. The molecule has 0 aliphatic rings. The van der Waals surface area contributed by atoms with Gasteiger partial charge in [0.2, 0.25) is 0 Å². The highest BCUT2D eigenvalue weighted by Gasteiger charge is 2.10. The monoisotopic (exact) mass is 312 g/mol. The van der Waals surface area contributed by atoms with Crippen LogP contribution in [0.15, 0.2) is 12.1 Å². The van der Waals surface area contributed by atoms with Gasteiger partial charge < -0.3 is 15.5 Å². The minimum Gasteiger partial charge on any atom is -0.370 e. The van der Waals surface area contributed by atoms with Gasteiger partial charge in [0.05, 0.1) is 0 Å². The van der Waals surface area contributed by atoms with Crippen LogP contribution in [0.4, 0.5) is 5.82 Å². The van der Waals surface area contributed by atoms with Crippen molar-refractivity contribution < 1.29 is 4.79 Å². The average Bonchev–Trinajstić information content (AvgIpc) is 2.45. The van der Waals surface area contributed by atoms with Gasteiger partial charge in [0.25, 0.3) is 5.91 Å². The first-order valence-corrected chi connectivity index (χ1v) is 7.75. The normalized spacial score (nSPS) is 12.3. The summed E-state index contributed by atoms with van der Waals surface area (Å²) in [7, 11) is 2.06. The second-order valence-corrected chi connectivity index (χ2v) is 5.48. The van der Waals surface area contributed by atoms with Gasteiger partial charge in [-0.05, 0) is 39.4 Å². The van der Waals surface area contributed by atoms with E-state index in [9.17, 15) is 4.79 Å². The number of likely N-dealkylation sites (N-methyl/N-ethyl adjacent to an activating group) is 1. The molecule has 1 heterocycles. The van der Waals surface area contributed by atoms with Crippen molar-refractivity contribution in [3.8, 4) is 0 Å². The van der Waals surface area contributed by atoms with Crippen LogP contribution in [0.3, 0.4) is 0 Å². The number of hydrogen-bond donors (Lipinski definition) is 2. The van der Waals surface area contributed by atoms with Gasteiger partial charge in [-0.25, -0.2) is 4.98 Å². The second kappa shape index (κ2) is 8.85. The molecule has 21 heavy (non-hydrogen) atoms. The van der Waals surface area contributed by atoms with Crippen LogP contribution in [0.2, 0.25) is 5.15 Å². The number of nitrogens with one attached hydrogen (secondary N) is 2. The summed E-state index contributed by atoms with van der Waals surface area (Å²) < 4.78 is 0. The molecule has 0 saturated carbocycles. The molecular formula is C15H25ClN4O. The lowest BCUT2D eigenvalue weighted by Crippen LogP contribution is -2.37. The molecule has 1 amide bonds. The maximum atomic E-state index is 12.1. The number of pyridine rings is 1. The first kappa shape index (κ1) is 17.7. The van der Waals surface area contributed by atoms with Gasteiger partial charge >= 0.3 is 0 Å². The Morgan fingerprint density at radius 1 is 1.43 bits per heavy atom. The van der Waals surface area contributed by atoms with Gasteiger partial charge in [0.15, 0.2) is 0 Å². The summed E-state index contributed by atoms with van der Waals surface area (Å²) in [6.07, 6.45) is 1.09. The number of hydrogen-bond acceptors (Lipinski definition) is 4. The van der Waals surface area contributed by atoms with E-state index in [1.54, 1.807) is 12.1 Å². The smallest absolute Gasteiger partial charge is 0.251 e. The van der Waals surface area contributed by atoms with E-state index >= 15 is 0 Å². The Morgan fingerprint density at radius 3 is 2.76 bits per heavy atom. The maximum Gasteiger partial charge on any atom is 0.251 e. The van der Waals surface area contributed by atoms with Crippen LogP contribution in [0.25, 0.3) is 0 Å². The number of anilines is 1. The predicted molar refractivity (Wildman–Crippen MR) is 88.1 cm³/mol. The second-order valence-electron chi connectivity index (χ2n) is 5.09. The number of carbonyl (C=O) groups excluding carboxylic acids is 1. The van der Waals surface area contributed by atoms with Gasteiger partial charge in [-0.3, -0.25) is 4.79 Å². The third-order valence-electron chi connectivity index (χ3n) is 3.51. The third-order valence-corrected chi connectivity index (χ3v) is 3.70. The summed E-state index contributed by atoms with van der Waals surface area (Å²) >= 11 is 5.94. The molecule has 1 unspecified atom stereocenters. The Labute approximate surface area is 132 Å². The lowest BCUT2D eigenvalue weighted by Gasteiger charge is -2.23. The van der Waals surface area contributed by atoms with Crippen molar-refractivity contribution in [3.63, 3.8) is 0 Å². The molecular weight excluding hydrogens is 288 g/mol. The fourth-order valence-electron chi connectivity index (χ4n) is 1.88. The van der Waals surface area contributed by atoms with Crippen LogP contribution in [0.1, 0.15) is 37.6 Å². The van der Waals surface area contributed by atoms with Crippen LogP contribution in [0, 0.1) is 0 Å². The highest BCUT2D eigenvalue weighted by molar-refractivity contribution is 6.29. The van der Waals surface area contributed by atoms with Gasteiger partial charge in [-0.15, -0.1) is 0 Å². The van der Waals surface area contributed by atoms with E-state index in [1.165, 1.54) is 0 Å². The van der Waals surface area contributed by atoms with Gasteiger partial charge in [0.1, 0.15) is 11.0 Å². The van der Waals surface area contributed by atoms with Crippen LogP contribution in [-0.2, 0) is 0 Å². The maximum absolute atomic E-state index is 12.1. The standard InChI is InChI=1S/C15H25ClN4O/c1-5-11(3)20(4)8-7-18-15(21)12-9-13(16)19-14(10-12)17-6-2/h9-11H,5-8H2,1-4H3,(H,17,19)(H,18,21). The van der Waals surface area contributed by atoms with Crippen LogP contribution in [-0.4, -0.2) is 48.5 Å². The van der Waals surface area contributed by atoms with Gasteiger partial charge in [-0.1, -0.05) is 18.5 Å². The zero-order chi connectivity index (χ0) is 15.8. The molecule has 0 bridgehead atoms. The van der Waals surface area contributed by atoms with Crippen molar-refractivity contribution in [2.24, 2.45) is 0 Å². The van der Waals surface area contributed by atoms with Crippen molar-refractivity contribution >= 4 is 23.3 Å². The Morgan fingerprint density at radius 2 is 2.14 bits per heavy atom. The Bertz CT molecular complexity index is 467. The molecule has 1 rings (SSSR count). The fraction of sp³-hybridized carbons (Fsp3) is 0.600. The number of nitrogens with zero attached hydrogens (tertiary/aromatic N) is 2. The molecule has 6 heteroatoms. The summed E-state index contributed by atoms with van der Waals surface area (Å²) in [6.45, 7) is 8.45. The molecule has 118 valence electrons. The molecule has 0 aliphatic carbocycles. The zero-order valence-corrected chi connectivity index (χ0v) is 14.0. The number of carbonyl (C=O) groups is 1. The van der Waals surface area contributed by atoms with E-state index in [4.69, 9.17) is 11.6 Å². The van der Waals surface area contributed by atoms with E-state index in [1.807, 2.05) is 6.92 Å². The molecule has 0 radical (unpaired) electrons. The first-order chi connectivity index (χ1) is 9.97. The Hall–Kier alpha value is -1.33. The number of halogens is 1. The van der Waals surface area contributed by atoms with Crippen molar-refractivity contribution in [1.29, 1.82) is 0 Å². The quantitative estimate of drug-likeness (QED) is 0.725. The SMILES string of the molecule is CCNc1cc(C(=O)NCCN(C)C(C)CC)cc(Cl)n1. The summed E-state index contributed by atoms with van der Waals surface area (Å²) in [4.78, 5) is 18.5. The lowest BCUT2D eigenvalue weighted by atomic mass is 10.2. The summed E-state index contributed by atoms with van der Waals surface area (Å²) in [6, 6.07) is 3.80. The van der Waals surface area contributed by atoms with Crippen LogP contribution < -0.4 is 10.6 Å². The first-order valence-electron chi connectivity index (χ1n) is 7.37. The van der Waals surface area contributed by atoms with Crippen molar-refractivity contribution in [3.05, 3.63) is 22.8 Å². The molecule has 1 aromatic heterocycles. The molecule has 0 aromatic carbocycles. The summed E-state index contributed by atoms with van der Waals surface area (Å²) in [5.74, 6) is 0.489. The topological polar surface area (TPSA) is 57.3 Å². The number of amides is 1. The van der Waals surface area contributed by atoms with E-state index in [-0.39, 0.29) is 5.91 Å². The highest BCUT2D eigenvalue weighted by atomic mass is 35.5. The lowest BCUT2D eigenvalue weighted by molar-refractivity contribution is 0.0947. The highest BCUT2D eigenvalue weighted by Crippen LogP contribution is 2.14. The van der Waals surface area contributed by atoms with E-state index < -0.39 is 0 Å². The van der Waals surface area contributed by atoms with E-state index in [2.05, 4.69) is 41.4 Å². The summed E-state index contributed by atoms with van der Waals surface area (Å²) in [5, 5.41) is 6.28. The molecule has 1 aromatic rings. The van der Waals surface area contributed by atoms with E-state index in [0.717, 1.165) is 19.5 Å². The fourth-order valence-corrected chi connectivity index (χ4v) is 2.09. The van der Waals surface area contributed by atoms with E-state index in [0.29, 0.717) is 29.1 Å².